The third-order valence-corrected chi connectivity index (χ3v) is 5.25. The molecule has 0 fully saturated rings. The first-order chi connectivity index (χ1) is 16.1. The highest BCUT2D eigenvalue weighted by Crippen LogP contribution is 2.31. The van der Waals surface area contributed by atoms with E-state index in [0.29, 0.717) is 17.1 Å². The number of fused-ring (bicyclic) bond motifs is 1. The summed E-state index contributed by atoms with van der Waals surface area (Å²) in [4.78, 5) is 20.3. The molecule has 1 amide bonds. The van der Waals surface area contributed by atoms with E-state index in [-0.39, 0.29) is 12.1 Å². The number of carbonyl (C=O) groups excluding carboxylic acids is 1. The quantitative estimate of drug-likeness (QED) is 0.328. The number of benzene rings is 2. The highest BCUT2D eigenvalue weighted by molar-refractivity contribution is 6.06. The van der Waals surface area contributed by atoms with Gasteiger partial charge in [0, 0.05) is 29.9 Å². The van der Waals surface area contributed by atoms with Crippen molar-refractivity contribution in [2.24, 2.45) is 0 Å². The molecule has 33 heavy (non-hydrogen) atoms. The topological polar surface area (TPSA) is 100 Å². The molecular formula is C26H22N4O3. The van der Waals surface area contributed by atoms with Crippen molar-refractivity contribution in [3.05, 3.63) is 83.7 Å². The molecule has 4 rings (SSSR count). The Balaban J connectivity index is 1.61. The normalized spacial score (nSPS) is 11.1. The van der Waals surface area contributed by atoms with Gasteiger partial charge in [-0.15, -0.1) is 0 Å². The zero-order chi connectivity index (χ0) is 23.2. The maximum absolute atomic E-state index is 12.8. The lowest BCUT2D eigenvalue weighted by Crippen LogP contribution is -2.24. The monoisotopic (exact) mass is 438 g/mol. The van der Waals surface area contributed by atoms with Crippen LogP contribution in [0.25, 0.3) is 28.2 Å². The number of aromatic nitrogens is 2. The second-order valence-corrected chi connectivity index (χ2v) is 7.23. The van der Waals surface area contributed by atoms with Crippen LogP contribution >= 0.6 is 0 Å². The fourth-order valence-corrected chi connectivity index (χ4v) is 3.63. The van der Waals surface area contributed by atoms with Crippen molar-refractivity contribution >= 4 is 23.0 Å². The molecule has 7 nitrogen and oxygen atoms in total. The number of amides is 1. The summed E-state index contributed by atoms with van der Waals surface area (Å²) in [5.74, 6) is 0.708. The van der Waals surface area contributed by atoms with Gasteiger partial charge < -0.3 is 19.8 Å². The summed E-state index contributed by atoms with van der Waals surface area (Å²) in [7, 11) is 3.11. The molecule has 0 aliphatic carbocycles. The molecule has 0 atom stereocenters. The second-order valence-electron chi connectivity index (χ2n) is 7.23. The Labute approximate surface area is 191 Å². The van der Waals surface area contributed by atoms with E-state index >= 15 is 0 Å². The van der Waals surface area contributed by atoms with Crippen LogP contribution in [0.15, 0.2) is 72.6 Å². The van der Waals surface area contributed by atoms with E-state index in [1.165, 1.54) is 0 Å². The Hall–Kier alpha value is -4.57. The number of hydrogen-bond donors (Lipinski definition) is 2. The summed E-state index contributed by atoms with van der Waals surface area (Å²) >= 11 is 0. The van der Waals surface area contributed by atoms with Crippen LogP contribution in [0.2, 0.25) is 0 Å². The maximum Gasteiger partial charge on any atom is 0.262 e. The van der Waals surface area contributed by atoms with E-state index in [2.05, 4.69) is 15.3 Å². The molecule has 2 aromatic carbocycles. The zero-order valence-corrected chi connectivity index (χ0v) is 18.3. The van der Waals surface area contributed by atoms with Gasteiger partial charge in [0.25, 0.3) is 5.91 Å². The third kappa shape index (κ3) is 4.55. The highest BCUT2D eigenvalue weighted by Gasteiger charge is 2.14. The molecule has 0 saturated heterocycles. The SMILES string of the molecule is COc1ccc(CNC(=O)/C(C#N)=C/c2c[nH]c3nccc(-c4ccccc4)c23)cc1OC. The van der Waals surface area contributed by atoms with Crippen molar-refractivity contribution in [2.75, 3.05) is 14.2 Å². The average Bonchev–Trinajstić information content (AvgIpc) is 3.29. The Bertz CT molecular complexity index is 1370. The number of ether oxygens (including phenoxy) is 2. The van der Waals surface area contributed by atoms with Gasteiger partial charge in [0.1, 0.15) is 17.3 Å². The standard InChI is InChI=1S/C26H22N4O3/c1-32-22-9-8-17(12-23(22)33-2)15-30-26(31)19(14-27)13-20-16-29-25-24(20)21(10-11-28-25)18-6-4-3-5-7-18/h3-13,16H,15H2,1-2H3,(H,28,29)(H,30,31)/b19-13+. The molecule has 4 aromatic rings. The molecule has 2 heterocycles. The van der Waals surface area contributed by atoms with Gasteiger partial charge in [0.2, 0.25) is 0 Å². The second kappa shape index (κ2) is 9.71. The van der Waals surface area contributed by atoms with Gasteiger partial charge in [-0.3, -0.25) is 4.79 Å². The summed E-state index contributed by atoms with van der Waals surface area (Å²) in [5, 5.41) is 13.3. The summed E-state index contributed by atoms with van der Waals surface area (Å²) in [6.45, 7) is 0.239. The van der Waals surface area contributed by atoms with E-state index in [9.17, 15) is 10.1 Å². The first-order valence-electron chi connectivity index (χ1n) is 10.3. The Morgan fingerprint density at radius 3 is 2.64 bits per heavy atom. The number of methoxy groups -OCH3 is 2. The molecule has 7 heteroatoms. The maximum atomic E-state index is 12.8. The predicted molar refractivity (Wildman–Crippen MR) is 127 cm³/mol. The minimum atomic E-state index is -0.466. The molecule has 164 valence electrons. The van der Waals surface area contributed by atoms with Gasteiger partial charge in [-0.2, -0.15) is 5.26 Å². The number of nitriles is 1. The van der Waals surface area contributed by atoms with Crippen LogP contribution in [0, 0.1) is 11.3 Å². The smallest absolute Gasteiger partial charge is 0.262 e. The molecule has 0 radical (unpaired) electrons. The van der Waals surface area contributed by atoms with Gasteiger partial charge in [-0.1, -0.05) is 36.4 Å². The molecule has 0 spiro atoms. The van der Waals surface area contributed by atoms with Crippen molar-refractivity contribution in [3.8, 4) is 28.7 Å². The van der Waals surface area contributed by atoms with Crippen LogP contribution in [0.4, 0.5) is 0 Å². The summed E-state index contributed by atoms with van der Waals surface area (Å²) in [6.07, 6.45) is 5.07. The van der Waals surface area contributed by atoms with Crippen molar-refractivity contribution in [1.29, 1.82) is 5.26 Å². The number of carbonyl (C=O) groups is 1. The molecule has 2 N–H and O–H groups in total. The van der Waals surface area contributed by atoms with E-state index < -0.39 is 5.91 Å². The van der Waals surface area contributed by atoms with Crippen molar-refractivity contribution < 1.29 is 14.3 Å². The molecule has 0 bridgehead atoms. The highest BCUT2D eigenvalue weighted by atomic mass is 16.5. The van der Waals surface area contributed by atoms with Crippen molar-refractivity contribution in [1.82, 2.24) is 15.3 Å². The van der Waals surface area contributed by atoms with E-state index in [1.807, 2.05) is 48.5 Å². The van der Waals surface area contributed by atoms with E-state index in [4.69, 9.17) is 9.47 Å². The van der Waals surface area contributed by atoms with Crippen LogP contribution in [0.5, 0.6) is 11.5 Å². The number of pyridine rings is 1. The van der Waals surface area contributed by atoms with Gasteiger partial charge in [0.15, 0.2) is 11.5 Å². The first-order valence-corrected chi connectivity index (χ1v) is 10.3. The minimum Gasteiger partial charge on any atom is -0.493 e. The third-order valence-electron chi connectivity index (χ3n) is 5.25. The molecule has 2 aromatic heterocycles. The van der Waals surface area contributed by atoms with Gasteiger partial charge in [-0.05, 0) is 41.0 Å². The number of rotatable bonds is 7. The van der Waals surface area contributed by atoms with Gasteiger partial charge >= 0.3 is 0 Å². The summed E-state index contributed by atoms with van der Waals surface area (Å²) < 4.78 is 10.5. The first kappa shape index (κ1) is 21.7. The minimum absolute atomic E-state index is 0.000702. The van der Waals surface area contributed by atoms with Crippen molar-refractivity contribution in [2.45, 2.75) is 6.54 Å². The summed E-state index contributed by atoms with van der Waals surface area (Å²) in [6, 6.07) is 19.2. The fourth-order valence-electron chi connectivity index (χ4n) is 3.63. The lowest BCUT2D eigenvalue weighted by Gasteiger charge is -2.10. The zero-order valence-electron chi connectivity index (χ0n) is 18.3. The summed E-state index contributed by atoms with van der Waals surface area (Å²) in [5.41, 5.74) is 4.22. The average molecular weight is 438 g/mol. The molecular weight excluding hydrogens is 416 g/mol. The molecule has 0 saturated carbocycles. The Kier molecular flexibility index (Phi) is 6.37. The largest absolute Gasteiger partial charge is 0.493 e. The van der Waals surface area contributed by atoms with Crippen LogP contribution in [-0.4, -0.2) is 30.1 Å². The molecule has 0 aliphatic rings. The Morgan fingerprint density at radius 1 is 1.12 bits per heavy atom. The van der Waals surface area contributed by atoms with Gasteiger partial charge in [0.05, 0.1) is 14.2 Å². The number of nitrogens with one attached hydrogen (secondary N) is 2. The number of nitrogens with zero attached hydrogens (tertiary/aromatic N) is 2. The number of hydrogen-bond acceptors (Lipinski definition) is 5. The van der Waals surface area contributed by atoms with Crippen LogP contribution in [-0.2, 0) is 11.3 Å². The van der Waals surface area contributed by atoms with E-state index in [0.717, 1.165) is 27.6 Å². The lowest BCUT2D eigenvalue weighted by molar-refractivity contribution is -0.117. The molecule has 0 aliphatic heterocycles. The predicted octanol–water partition coefficient (Wildman–Crippen LogP) is 4.47. The number of H-pyrrole nitrogens is 1. The Morgan fingerprint density at radius 2 is 1.91 bits per heavy atom. The lowest BCUT2D eigenvalue weighted by atomic mass is 10.0. The van der Waals surface area contributed by atoms with Crippen molar-refractivity contribution in [3.63, 3.8) is 0 Å². The number of aromatic amines is 1. The van der Waals surface area contributed by atoms with Crippen LogP contribution in [0.3, 0.4) is 0 Å². The fraction of sp³-hybridized carbons (Fsp3) is 0.115. The van der Waals surface area contributed by atoms with E-state index in [1.54, 1.807) is 44.8 Å². The van der Waals surface area contributed by atoms with Crippen LogP contribution in [0.1, 0.15) is 11.1 Å². The van der Waals surface area contributed by atoms with Gasteiger partial charge in [-0.25, -0.2) is 4.98 Å². The van der Waals surface area contributed by atoms with Crippen LogP contribution < -0.4 is 14.8 Å². The molecule has 0 unspecified atom stereocenters.